The second-order valence-corrected chi connectivity index (χ2v) is 4.25. The smallest absolute Gasteiger partial charge is 0.258 e. The van der Waals surface area contributed by atoms with Gasteiger partial charge in [0.1, 0.15) is 5.82 Å². The molecule has 94 valence electrons. The van der Waals surface area contributed by atoms with Crippen LogP contribution in [0.1, 0.15) is 18.2 Å². The molecular weight excluding hydrogens is 237 g/mol. The number of hydrogen-bond acceptors (Lipinski definition) is 5. The lowest BCUT2D eigenvalue weighted by Crippen LogP contribution is -1.99. The molecule has 1 saturated heterocycles. The van der Waals surface area contributed by atoms with Crippen molar-refractivity contribution in [2.45, 2.75) is 12.3 Å². The van der Waals surface area contributed by atoms with Crippen molar-refractivity contribution in [3.63, 3.8) is 0 Å². The van der Waals surface area contributed by atoms with Gasteiger partial charge in [-0.2, -0.15) is 4.98 Å². The van der Waals surface area contributed by atoms with Gasteiger partial charge >= 0.3 is 0 Å². The molecule has 1 aromatic carbocycles. The summed E-state index contributed by atoms with van der Waals surface area (Å²) in [7, 11) is 0. The number of halogens is 1. The molecule has 2 heterocycles. The number of anilines is 1. The molecule has 1 aliphatic rings. The van der Waals surface area contributed by atoms with Crippen molar-refractivity contribution >= 4 is 5.69 Å². The third kappa shape index (κ3) is 1.95. The third-order valence-electron chi connectivity index (χ3n) is 2.98. The van der Waals surface area contributed by atoms with Gasteiger partial charge in [0.25, 0.3) is 5.89 Å². The second-order valence-electron chi connectivity index (χ2n) is 4.25. The lowest BCUT2D eigenvalue weighted by atomic mass is 10.1. The average Bonchev–Trinajstić information content (AvgIpc) is 3.01. The summed E-state index contributed by atoms with van der Waals surface area (Å²) in [5.41, 5.74) is 6.04. The number of hydrogen-bond donors (Lipinski definition) is 1. The third-order valence-corrected chi connectivity index (χ3v) is 2.98. The van der Waals surface area contributed by atoms with Crippen LogP contribution in [0.5, 0.6) is 0 Å². The molecule has 2 aromatic rings. The predicted octanol–water partition coefficient (Wildman–Crippen LogP) is 1.96. The van der Waals surface area contributed by atoms with Crippen molar-refractivity contribution in [1.82, 2.24) is 10.1 Å². The minimum Gasteiger partial charge on any atom is -0.396 e. The highest BCUT2D eigenvalue weighted by atomic mass is 19.1. The van der Waals surface area contributed by atoms with E-state index in [1.165, 1.54) is 12.1 Å². The summed E-state index contributed by atoms with van der Waals surface area (Å²) in [6.07, 6.45) is 0.884. The Bertz CT molecular complexity index is 564. The first kappa shape index (κ1) is 11.2. The Morgan fingerprint density at radius 3 is 3.00 bits per heavy atom. The van der Waals surface area contributed by atoms with Crippen molar-refractivity contribution < 1.29 is 13.7 Å². The predicted molar refractivity (Wildman–Crippen MR) is 62.3 cm³/mol. The van der Waals surface area contributed by atoms with Crippen molar-refractivity contribution in [2.24, 2.45) is 0 Å². The van der Waals surface area contributed by atoms with E-state index in [-0.39, 0.29) is 11.6 Å². The van der Waals surface area contributed by atoms with E-state index < -0.39 is 5.82 Å². The van der Waals surface area contributed by atoms with Crippen molar-refractivity contribution in [1.29, 1.82) is 0 Å². The van der Waals surface area contributed by atoms with E-state index in [4.69, 9.17) is 15.0 Å². The fourth-order valence-electron chi connectivity index (χ4n) is 1.92. The summed E-state index contributed by atoms with van der Waals surface area (Å²) in [5, 5.41) is 3.91. The quantitative estimate of drug-likeness (QED) is 0.823. The van der Waals surface area contributed by atoms with Crippen molar-refractivity contribution in [3.8, 4) is 11.5 Å². The molecular formula is C12H12FN3O2. The van der Waals surface area contributed by atoms with Crippen molar-refractivity contribution in [2.75, 3.05) is 18.9 Å². The largest absolute Gasteiger partial charge is 0.396 e. The van der Waals surface area contributed by atoms with Gasteiger partial charge in [-0.25, -0.2) is 4.39 Å². The minimum absolute atomic E-state index is 0.0997. The second kappa shape index (κ2) is 4.38. The summed E-state index contributed by atoms with van der Waals surface area (Å²) in [6.45, 7) is 1.32. The first-order chi connectivity index (χ1) is 8.74. The number of nitrogen functional groups attached to an aromatic ring is 1. The molecule has 1 unspecified atom stereocenters. The molecule has 6 heteroatoms. The van der Waals surface area contributed by atoms with Gasteiger partial charge in [0.2, 0.25) is 0 Å². The van der Waals surface area contributed by atoms with Crippen LogP contribution in [-0.2, 0) is 4.74 Å². The molecule has 1 aliphatic heterocycles. The Kier molecular flexibility index (Phi) is 2.71. The molecule has 0 aliphatic carbocycles. The molecule has 1 aromatic heterocycles. The standard InChI is InChI=1S/C12H12FN3O2/c13-9-5-7(1-2-10(9)14)12-15-11(16-18-12)8-3-4-17-6-8/h1-2,5,8H,3-4,6,14H2. The number of aromatic nitrogens is 2. The molecule has 0 bridgehead atoms. The summed E-state index contributed by atoms with van der Waals surface area (Å²) < 4.78 is 23.7. The molecule has 0 spiro atoms. The van der Waals surface area contributed by atoms with E-state index in [2.05, 4.69) is 10.1 Å². The number of nitrogens with zero attached hydrogens (tertiary/aromatic N) is 2. The Hall–Kier alpha value is -1.95. The molecule has 3 rings (SSSR count). The zero-order valence-corrected chi connectivity index (χ0v) is 9.60. The van der Waals surface area contributed by atoms with Gasteiger partial charge in [0.15, 0.2) is 5.82 Å². The maximum absolute atomic E-state index is 13.3. The normalized spacial score (nSPS) is 19.3. The van der Waals surface area contributed by atoms with Gasteiger partial charge in [0, 0.05) is 18.1 Å². The molecule has 5 nitrogen and oxygen atoms in total. The first-order valence-electron chi connectivity index (χ1n) is 5.71. The van der Waals surface area contributed by atoms with Crippen molar-refractivity contribution in [3.05, 3.63) is 29.8 Å². The van der Waals surface area contributed by atoms with Crippen LogP contribution in [0.2, 0.25) is 0 Å². The molecule has 0 amide bonds. The highest BCUT2D eigenvalue weighted by Gasteiger charge is 2.23. The van der Waals surface area contributed by atoms with Crippen LogP contribution >= 0.6 is 0 Å². The monoisotopic (exact) mass is 249 g/mol. The number of benzene rings is 1. The van der Waals surface area contributed by atoms with E-state index in [1.54, 1.807) is 6.07 Å². The van der Waals surface area contributed by atoms with Crippen LogP contribution in [0.15, 0.2) is 22.7 Å². The maximum Gasteiger partial charge on any atom is 0.258 e. The number of nitrogens with two attached hydrogens (primary N) is 1. The molecule has 1 fully saturated rings. The van der Waals surface area contributed by atoms with Gasteiger partial charge in [-0.3, -0.25) is 0 Å². The Labute approximate surface area is 103 Å². The van der Waals surface area contributed by atoms with Crippen LogP contribution in [0.4, 0.5) is 10.1 Å². The topological polar surface area (TPSA) is 74.2 Å². The fraction of sp³-hybridized carbons (Fsp3) is 0.333. The zero-order valence-electron chi connectivity index (χ0n) is 9.60. The van der Waals surface area contributed by atoms with E-state index in [1.807, 2.05) is 0 Å². The summed E-state index contributed by atoms with van der Waals surface area (Å²) in [6, 6.07) is 4.42. The summed E-state index contributed by atoms with van der Waals surface area (Å²) in [5.74, 6) is 0.591. The van der Waals surface area contributed by atoms with Gasteiger partial charge < -0.3 is 15.0 Å². The van der Waals surface area contributed by atoms with Gasteiger partial charge in [-0.15, -0.1) is 0 Å². The minimum atomic E-state index is -0.489. The van der Waals surface area contributed by atoms with Gasteiger partial charge in [0.05, 0.1) is 12.3 Å². The SMILES string of the molecule is Nc1ccc(-c2nc(C3CCOC3)no2)cc1F. The summed E-state index contributed by atoms with van der Waals surface area (Å²) >= 11 is 0. The molecule has 0 saturated carbocycles. The average molecular weight is 249 g/mol. The van der Waals surface area contributed by atoms with E-state index in [0.29, 0.717) is 30.5 Å². The molecule has 0 radical (unpaired) electrons. The summed E-state index contributed by atoms with van der Waals surface area (Å²) in [4.78, 5) is 4.27. The fourth-order valence-corrected chi connectivity index (χ4v) is 1.92. The van der Waals surface area contributed by atoms with Gasteiger partial charge in [-0.1, -0.05) is 5.16 Å². The van der Waals surface area contributed by atoms with E-state index in [9.17, 15) is 4.39 Å². The van der Waals surface area contributed by atoms with Crippen LogP contribution in [-0.4, -0.2) is 23.4 Å². The molecule has 1 atom stereocenters. The molecule has 18 heavy (non-hydrogen) atoms. The lowest BCUT2D eigenvalue weighted by Gasteiger charge is -1.99. The van der Waals surface area contributed by atoms with Crippen LogP contribution < -0.4 is 5.73 Å². The highest BCUT2D eigenvalue weighted by molar-refractivity contribution is 5.57. The Morgan fingerprint density at radius 1 is 1.39 bits per heavy atom. The first-order valence-corrected chi connectivity index (χ1v) is 5.71. The van der Waals surface area contributed by atoms with E-state index >= 15 is 0 Å². The number of rotatable bonds is 2. The van der Waals surface area contributed by atoms with Crippen LogP contribution in [0, 0.1) is 5.82 Å². The zero-order chi connectivity index (χ0) is 12.5. The van der Waals surface area contributed by atoms with E-state index in [0.717, 1.165) is 6.42 Å². The maximum atomic E-state index is 13.3. The highest BCUT2D eigenvalue weighted by Crippen LogP contribution is 2.26. The molecule has 2 N–H and O–H groups in total. The Morgan fingerprint density at radius 2 is 2.28 bits per heavy atom. The Balaban J connectivity index is 1.89. The number of ether oxygens (including phenoxy) is 1. The lowest BCUT2D eigenvalue weighted by molar-refractivity contribution is 0.192. The van der Waals surface area contributed by atoms with Crippen LogP contribution in [0.3, 0.4) is 0 Å². The van der Waals surface area contributed by atoms with Gasteiger partial charge in [-0.05, 0) is 24.6 Å². The van der Waals surface area contributed by atoms with Crippen LogP contribution in [0.25, 0.3) is 11.5 Å².